The Kier molecular flexibility index (Phi) is 9.39. The van der Waals surface area contributed by atoms with Gasteiger partial charge >= 0.3 is 0 Å². The maximum atomic E-state index is 14.1. The summed E-state index contributed by atoms with van der Waals surface area (Å²) in [6, 6.07) is 10.5. The summed E-state index contributed by atoms with van der Waals surface area (Å²) < 4.78 is 19.0. The third-order valence-corrected chi connectivity index (χ3v) is 9.67. The topological polar surface area (TPSA) is 65.1 Å². The molecule has 0 aromatic heterocycles. The Morgan fingerprint density at radius 3 is 1.93 bits per heavy atom. The lowest BCUT2D eigenvalue weighted by atomic mass is 9.63. The summed E-state index contributed by atoms with van der Waals surface area (Å²) in [5.74, 6) is 1.12. The van der Waals surface area contributed by atoms with Gasteiger partial charge in [0.2, 0.25) is 0 Å². The van der Waals surface area contributed by atoms with E-state index in [4.69, 9.17) is 14.2 Å². The zero-order chi connectivity index (χ0) is 32.0. The highest BCUT2D eigenvalue weighted by atomic mass is 127. The van der Waals surface area contributed by atoms with Gasteiger partial charge in [0, 0.05) is 55.0 Å². The summed E-state index contributed by atoms with van der Waals surface area (Å²) in [6.07, 6.45) is 2.45. The number of benzene rings is 2. The quantitative estimate of drug-likeness (QED) is 0.245. The molecular formula is C37H46INO5. The fourth-order valence-corrected chi connectivity index (χ4v) is 8.08. The van der Waals surface area contributed by atoms with Crippen LogP contribution in [0.1, 0.15) is 88.5 Å². The number of allylic oxidation sites excluding steroid dienone is 4. The van der Waals surface area contributed by atoms with Crippen molar-refractivity contribution in [3.8, 4) is 11.5 Å². The number of hydrogen-bond donors (Lipinski definition) is 0. The predicted octanol–water partition coefficient (Wildman–Crippen LogP) is 8.22. The van der Waals surface area contributed by atoms with Gasteiger partial charge < -0.3 is 19.1 Å². The lowest BCUT2D eigenvalue weighted by molar-refractivity contribution is -0.119. The molecule has 2 aromatic carbocycles. The molecule has 0 N–H and O–H groups in total. The minimum absolute atomic E-state index is 0.121. The van der Waals surface area contributed by atoms with E-state index in [2.05, 4.69) is 93.3 Å². The van der Waals surface area contributed by atoms with Crippen LogP contribution >= 0.6 is 22.6 Å². The molecule has 236 valence electrons. The van der Waals surface area contributed by atoms with Gasteiger partial charge in [0.25, 0.3) is 0 Å². The molecule has 0 radical (unpaired) electrons. The maximum absolute atomic E-state index is 14.1. The Bertz CT molecular complexity index is 1470. The molecular weight excluding hydrogens is 665 g/mol. The van der Waals surface area contributed by atoms with Gasteiger partial charge in [-0.2, -0.15) is 0 Å². The van der Waals surface area contributed by atoms with Crippen molar-refractivity contribution in [2.45, 2.75) is 86.7 Å². The zero-order valence-electron chi connectivity index (χ0n) is 27.5. The summed E-state index contributed by atoms with van der Waals surface area (Å²) in [7, 11) is 1.70. The molecule has 5 rings (SSSR count). The van der Waals surface area contributed by atoms with Crippen molar-refractivity contribution in [2.75, 3.05) is 26.9 Å². The molecule has 7 heteroatoms. The van der Waals surface area contributed by atoms with Gasteiger partial charge in [-0.3, -0.25) is 9.59 Å². The van der Waals surface area contributed by atoms with E-state index < -0.39 is 5.92 Å². The minimum atomic E-state index is -0.438. The Balaban J connectivity index is 1.66. The molecule has 3 aliphatic rings. The number of carbonyl (C=O) groups is 2. The number of hydrogen-bond acceptors (Lipinski definition) is 6. The minimum Gasteiger partial charge on any atom is -0.490 e. The molecule has 0 amide bonds. The largest absolute Gasteiger partial charge is 0.490 e. The summed E-state index contributed by atoms with van der Waals surface area (Å²) >= 11 is 2.31. The van der Waals surface area contributed by atoms with E-state index in [1.54, 1.807) is 7.11 Å². The fourth-order valence-electron chi connectivity index (χ4n) is 7.30. The van der Waals surface area contributed by atoms with Crippen molar-refractivity contribution < 1.29 is 23.8 Å². The van der Waals surface area contributed by atoms with Crippen LogP contribution in [-0.4, -0.2) is 43.3 Å². The lowest BCUT2D eigenvalue weighted by Crippen LogP contribution is -2.45. The number of aryl methyl sites for hydroxylation is 2. The summed E-state index contributed by atoms with van der Waals surface area (Å²) in [6.45, 7) is 16.8. The Hall–Kier alpha value is -2.65. The van der Waals surface area contributed by atoms with E-state index in [1.807, 2.05) is 13.0 Å². The molecule has 0 bridgehead atoms. The number of nitrogens with zero attached hydrogens (tertiary/aromatic N) is 1. The van der Waals surface area contributed by atoms with Gasteiger partial charge in [0.1, 0.15) is 6.61 Å². The second-order valence-corrected chi connectivity index (χ2v) is 15.4. The van der Waals surface area contributed by atoms with Crippen LogP contribution in [0.5, 0.6) is 11.5 Å². The highest BCUT2D eigenvalue weighted by molar-refractivity contribution is 14.1. The van der Waals surface area contributed by atoms with Gasteiger partial charge in [-0.25, -0.2) is 0 Å². The monoisotopic (exact) mass is 711 g/mol. The van der Waals surface area contributed by atoms with Gasteiger partial charge in [0.05, 0.1) is 16.8 Å². The van der Waals surface area contributed by atoms with Crippen LogP contribution in [-0.2, 0) is 20.9 Å². The first kappa shape index (κ1) is 32.7. The number of carbonyl (C=O) groups excluding carboxylic acids is 2. The molecule has 2 aromatic rings. The van der Waals surface area contributed by atoms with Gasteiger partial charge in [-0.1, -0.05) is 57.0 Å². The molecule has 44 heavy (non-hydrogen) atoms. The maximum Gasteiger partial charge on any atom is 0.174 e. The van der Waals surface area contributed by atoms with Gasteiger partial charge in [0.15, 0.2) is 23.1 Å². The number of Topliss-reactive ketones (excluding diaryl/α,β-unsaturated/α-hetero) is 2. The van der Waals surface area contributed by atoms with E-state index in [9.17, 15) is 9.59 Å². The van der Waals surface area contributed by atoms with E-state index in [-0.39, 0.29) is 22.4 Å². The molecule has 0 spiro atoms. The Morgan fingerprint density at radius 2 is 1.41 bits per heavy atom. The number of ether oxygens (including phenoxy) is 3. The van der Waals surface area contributed by atoms with Crippen molar-refractivity contribution in [1.82, 2.24) is 4.90 Å². The van der Waals surface area contributed by atoms with Crippen LogP contribution in [0.25, 0.3) is 0 Å². The van der Waals surface area contributed by atoms with E-state index >= 15 is 0 Å². The Labute approximate surface area is 276 Å². The van der Waals surface area contributed by atoms with Crippen molar-refractivity contribution in [3.63, 3.8) is 0 Å². The van der Waals surface area contributed by atoms with Gasteiger partial charge in [-0.15, -0.1) is 0 Å². The van der Waals surface area contributed by atoms with Crippen molar-refractivity contribution in [3.05, 3.63) is 78.7 Å². The molecule has 2 aliphatic carbocycles. The Morgan fingerprint density at radius 1 is 0.841 bits per heavy atom. The van der Waals surface area contributed by atoms with E-state index in [1.165, 1.54) is 11.1 Å². The summed E-state index contributed by atoms with van der Waals surface area (Å²) in [5, 5.41) is 0. The average molecular weight is 712 g/mol. The predicted molar refractivity (Wildman–Crippen MR) is 182 cm³/mol. The second kappa shape index (κ2) is 12.6. The standard InChI is InChI=1S/C37H46INO5/c1-9-43-31-16-25(15-26(38)35(31)44-21-24-13-22(2)12-23(3)14-24)32-33-27(17-36(4,5)19-29(33)40)39(10-11-42-8)28-18-37(6,7)20-30(41)34(28)32/h12-16,32H,9-11,17-21H2,1-8H3. The van der Waals surface area contributed by atoms with E-state index in [0.29, 0.717) is 50.7 Å². The molecule has 6 nitrogen and oxygen atoms in total. The third-order valence-electron chi connectivity index (χ3n) is 8.87. The molecule has 0 saturated carbocycles. The highest BCUT2D eigenvalue weighted by Gasteiger charge is 2.49. The fraction of sp³-hybridized carbons (Fsp3) is 0.514. The number of methoxy groups -OCH3 is 1. The first-order valence-corrected chi connectivity index (χ1v) is 16.8. The number of ketones is 2. The zero-order valence-corrected chi connectivity index (χ0v) is 29.6. The first-order chi connectivity index (χ1) is 20.7. The lowest BCUT2D eigenvalue weighted by Gasteiger charge is -2.49. The van der Waals surface area contributed by atoms with Crippen LogP contribution in [0.4, 0.5) is 0 Å². The molecule has 0 fully saturated rings. The van der Waals surface area contributed by atoms with Crippen LogP contribution in [0.3, 0.4) is 0 Å². The van der Waals surface area contributed by atoms with Crippen LogP contribution in [0.15, 0.2) is 52.9 Å². The summed E-state index contributed by atoms with van der Waals surface area (Å²) in [5.41, 5.74) is 7.66. The van der Waals surface area contributed by atoms with E-state index in [0.717, 1.165) is 50.1 Å². The van der Waals surface area contributed by atoms with Gasteiger partial charge in [-0.05, 0) is 90.3 Å². The highest BCUT2D eigenvalue weighted by Crippen LogP contribution is 2.55. The number of halogens is 1. The SMILES string of the molecule is CCOc1cc(C2C3=C(CC(C)(C)CC3=O)N(CCOC)C3=C2C(=O)CC(C)(C)C3)cc(I)c1OCc1cc(C)cc(C)c1. The molecule has 0 unspecified atom stereocenters. The normalized spacial score (nSPS) is 19.7. The van der Waals surface area contributed by atoms with Crippen molar-refractivity contribution in [2.24, 2.45) is 10.8 Å². The second-order valence-electron chi connectivity index (χ2n) is 14.2. The average Bonchev–Trinajstić information content (AvgIpc) is 2.89. The molecule has 1 aliphatic heterocycles. The first-order valence-electron chi connectivity index (χ1n) is 15.7. The number of rotatable bonds is 9. The van der Waals surface area contributed by atoms with Crippen LogP contribution in [0, 0.1) is 28.2 Å². The molecule has 0 atom stereocenters. The van der Waals surface area contributed by atoms with Crippen molar-refractivity contribution in [1.29, 1.82) is 0 Å². The van der Waals surface area contributed by atoms with Crippen molar-refractivity contribution >= 4 is 34.2 Å². The summed E-state index contributed by atoms with van der Waals surface area (Å²) in [4.78, 5) is 30.5. The smallest absolute Gasteiger partial charge is 0.174 e. The molecule has 0 saturated heterocycles. The molecule has 1 heterocycles. The van der Waals surface area contributed by atoms with Crippen LogP contribution < -0.4 is 9.47 Å². The van der Waals surface area contributed by atoms with Crippen LogP contribution in [0.2, 0.25) is 0 Å². The third kappa shape index (κ3) is 6.64.